The molecule has 3 rings (SSSR count). The van der Waals surface area contributed by atoms with Gasteiger partial charge in [0, 0.05) is 18.0 Å². The van der Waals surface area contributed by atoms with Crippen LogP contribution < -0.4 is 0 Å². The van der Waals surface area contributed by atoms with Crippen molar-refractivity contribution in [2.24, 2.45) is 0 Å². The Hall–Kier alpha value is -0.850. The van der Waals surface area contributed by atoms with Gasteiger partial charge in [-0.2, -0.15) is 0 Å². The van der Waals surface area contributed by atoms with Gasteiger partial charge >= 0.3 is 0 Å². The summed E-state index contributed by atoms with van der Waals surface area (Å²) in [5, 5.41) is 0.928. The van der Waals surface area contributed by atoms with E-state index >= 15 is 0 Å². The second kappa shape index (κ2) is 4.92. The maximum absolute atomic E-state index is 13.0. The Balaban J connectivity index is 2.36. The summed E-state index contributed by atoms with van der Waals surface area (Å²) in [5.74, 6) is -0.279. The number of nitrogens with zero attached hydrogens (tertiary/aromatic N) is 2. The van der Waals surface area contributed by atoms with E-state index in [1.807, 2.05) is 0 Å². The van der Waals surface area contributed by atoms with Gasteiger partial charge in [0.15, 0.2) is 5.15 Å². The van der Waals surface area contributed by atoms with E-state index in [2.05, 4.69) is 27.6 Å². The van der Waals surface area contributed by atoms with Gasteiger partial charge in [-0.3, -0.25) is 0 Å². The second-order valence-corrected chi connectivity index (χ2v) is 5.72. The standard InChI is InChI=1S/C13H6Cl2FIN2/c14-12-11-10(17)9(7-1-3-8(16)4-2-7)13(15)19(11)6-5-18-12/h1-6H. The van der Waals surface area contributed by atoms with Gasteiger partial charge in [0.25, 0.3) is 0 Å². The number of fused-ring (bicyclic) bond motifs is 1. The van der Waals surface area contributed by atoms with Crippen molar-refractivity contribution < 1.29 is 4.39 Å². The molecular formula is C13H6Cl2FIN2. The van der Waals surface area contributed by atoms with Gasteiger partial charge in [0.2, 0.25) is 0 Å². The predicted molar refractivity (Wildman–Crippen MR) is 83.3 cm³/mol. The number of aromatic nitrogens is 2. The largest absolute Gasteiger partial charge is 0.302 e. The molecular weight excluding hydrogens is 401 g/mol. The Morgan fingerprint density at radius 3 is 2.47 bits per heavy atom. The van der Waals surface area contributed by atoms with E-state index in [-0.39, 0.29) is 5.82 Å². The highest BCUT2D eigenvalue weighted by Gasteiger charge is 2.18. The normalized spacial score (nSPS) is 11.2. The van der Waals surface area contributed by atoms with Crippen LogP contribution in [-0.4, -0.2) is 9.38 Å². The van der Waals surface area contributed by atoms with Crippen molar-refractivity contribution in [3.63, 3.8) is 0 Å². The third-order valence-electron chi connectivity index (χ3n) is 2.82. The van der Waals surface area contributed by atoms with Gasteiger partial charge in [0.1, 0.15) is 11.0 Å². The molecule has 0 amide bonds. The fourth-order valence-corrected chi connectivity index (χ4v) is 3.94. The fraction of sp³-hybridized carbons (Fsp3) is 0. The summed E-state index contributed by atoms with van der Waals surface area (Å²) in [5.41, 5.74) is 2.43. The van der Waals surface area contributed by atoms with Crippen molar-refractivity contribution in [2.45, 2.75) is 0 Å². The Labute approximate surface area is 132 Å². The maximum atomic E-state index is 13.0. The monoisotopic (exact) mass is 406 g/mol. The van der Waals surface area contributed by atoms with Crippen LogP contribution in [0.3, 0.4) is 0 Å². The highest BCUT2D eigenvalue weighted by atomic mass is 127. The minimum atomic E-state index is -0.279. The van der Waals surface area contributed by atoms with E-state index in [0.29, 0.717) is 10.3 Å². The minimum absolute atomic E-state index is 0.279. The molecule has 0 unspecified atom stereocenters. The average molecular weight is 407 g/mol. The summed E-state index contributed by atoms with van der Waals surface area (Å²) in [4.78, 5) is 4.05. The lowest BCUT2D eigenvalue weighted by Crippen LogP contribution is -1.86. The van der Waals surface area contributed by atoms with Crippen LogP contribution in [0.1, 0.15) is 0 Å². The molecule has 2 aromatic heterocycles. The van der Waals surface area contributed by atoms with Crippen molar-refractivity contribution in [3.05, 3.63) is 56.4 Å². The Kier molecular flexibility index (Phi) is 3.41. The molecule has 0 bridgehead atoms. The molecule has 3 aromatic rings. The van der Waals surface area contributed by atoms with Crippen LogP contribution in [0.15, 0.2) is 36.7 Å². The number of benzene rings is 1. The SMILES string of the molecule is Fc1ccc(-c2c(I)c3c(Cl)nccn3c2Cl)cc1. The zero-order chi connectivity index (χ0) is 13.6. The van der Waals surface area contributed by atoms with Gasteiger partial charge < -0.3 is 4.40 Å². The van der Waals surface area contributed by atoms with Crippen LogP contribution in [0, 0.1) is 9.39 Å². The minimum Gasteiger partial charge on any atom is -0.302 e. The maximum Gasteiger partial charge on any atom is 0.154 e. The van der Waals surface area contributed by atoms with E-state index in [4.69, 9.17) is 23.2 Å². The molecule has 0 fully saturated rings. The molecule has 0 atom stereocenters. The first-order valence-electron chi connectivity index (χ1n) is 5.35. The molecule has 0 N–H and O–H groups in total. The van der Waals surface area contributed by atoms with Crippen LogP contribution in [-0.2, 0) is 0 Å². The fourth-order valence-electron chi connectivity index (χ4n) is 1.95. The lowest BCUT2D eigenvalue weighted by Gasteiger charge is -2.00. The molecule has 2 nitrogen and oxygen atoms in total. The summed E-state index contributed by atoms with van der Waals surface area (Å²) in [6.45, 7) is 0. The van der Waals surface area contributed by atoms with Crippen LogP contribution in [0.4, 0.5) is 4.39 Å². The van der Waals surface area contributed by atoms with E-state index in [1.54, 1.807) is 28.9 Å². The van der Waals surface area contributed by atoms with Crippen molar-refractivity contribution in [1.82, 2.24) is 9.38 Å². The molecule has 96 valence electrons. The van der Waals surface area contributed by atoms with Crippen molar-refractivity contribution >= 4 is 51.3 Å². The van der Waals surface area contributed by atoms with E-state index < -0.39 is 0 Å². The average Bonchev–Trinajstić information content (AvgIpc) is 2.65. The third-order valence-corrected chi connectivity index (χ3v) is 4.52. The van der Waals surface area contributed by atoms with Gasteiger partial charge in [-0.25, -0.2) is 9.37 Å². The molecule has 19 heavy (non-hydrogen) atoms. The highest BCUT2D eigenvalue weighted by Crippen LogP contribution is 2.38. The van der Waals surface area contributed by atoms with Crippen molar-refractivity contribution in [1.29, 1.82) is 0 Å². The molecule has 0 radical (unpaired) electrons. The van der Waals surface area contributed by atoms with E-state index in [0.717, 1.165) is 20.2 Å². The summed E-state index contributed by atoms with van der Waals surface area (Å²) >= 11 is 14.7. The lowest BCUT2D eigenvalue weighted by molar-refractivity contribution is 0.628. The van der Waals surface area contributed by atoms with Crippen molar-refractivity contribution in [2.75, 3.05) is 0 Å². The quantitative estimate of drug-likeness (QED) is 0.517. The first-order valence-corrected chi connectivity index (χ1v) is 7.18. The molecule has 0 saturated carbocycles. The Bertz CT molecular complexity index is 768. The summed E-state index contributed by atoms with van der Waals surface area (Å²) in [6, 6.07) is 6.20. The number of rotatable bonds is 1. The summed E-state index contributed by atoms with van der Waals surface area (Å²) < 4.78 is 15.7. The zero-order valence-corrected chi connectivity index (χ0v) is 13.0. The zero-order valence-electron chi connectivity index (χ0n) is 9.37. The topological polar surface area (TPSA) is 17.3 Å². The van der Waals surface area contributed by atoms with Gasteiger partial charge in [-0.05, 0) is 40.3 Å². The van der Waals surface area contributed by atoms with Crippen LogP contribution in [0.5, 0.6) is 0 Å². The number of halogens is 4. The lowest BCUT2D eigenvalue weighted by atomic mass is 10.1. The molecule has 0 aliphatic carbocycles. The predicted octanol–water partition coefficient (Wildman–Crippen LogP) is 5.05. The Morgan fingerprint density at radius 2 is 1.84 bits per heavy atom. The molecule has 1 aromatic carbocycles. The van der Waals surface area contributed by atoms with E-state index in [1.165, 1.54) is 12.1 Å². The third kappa shape index (κ3) is 2.11. The van der Waals surface area contributed by atoms with Crippen LogP contribution in [0.2, 0.25) is 10.3 Å². The summed E-state index contributed by atoms with van der Waals surface area (Å²) in [6.07, 6.45) is 3.34. The first-order chi connectivity index (χ1) is 9.09. The molecule has 6 heteroatoms. The first kappa shape index (κ1) is 13.1. The second-order valence-electron chi connectivity index (χ2n) is 3.92. The van der Waals surface area contributed by atoms with Crippen LogP contribution >= 0.6 is 45.8 Å². The van der Waals surface area contributed by atoms with Gasteiger partial charge in [-0.1, -0.05) is 35.3 Å². The Morgan fingerprint density at radius 1 is 1.16 bits per heavy atom. The molecule has 2 heterocycles. The molecule has 0 spiro atoms. The molecule has 0 aliphatic rings. The highest BCUT2D eigenvalue weighted by molar-refractivity contribution is 14.1. The molecule has 0 aliphatic heterocycles. The molecule has 0 saturated heterocycles. The van der Waals surface area contributed by atoms with Crippen LogP contribution in [0.25, 0.3) is 16.6 Å². The van der Waals surface area contributed by atoms with Crippen molar-refractivity contribution in [3.8, 4) is 11.1 Å². The van der Waals surface area contributed by atoms with Gasteiger partial charge in [-0.15, -0.1) is 0 Å². The summed E-state index contributed by atoms with van der Waals surface area (Å²) in [7, 11) is 0. The number of hydrogen-bond acceptors (Lipinski definition) is 1. The van der Waals surface area contributed by atoms with Gasteiger partial charge in [0.05, 0.1) is 9.09 Å². The number of hydrogen-bond donors (Lipinski definition) is 0. The smallest absolute Gasteiger partial charge is 0.154 e. The van der Waals surface area contributed by atoms with E-state index in [9.17, 15) is 4.39 Å².